The largest absolute Gasteiger partial charge is 0.453 e. The predicted molar refractivity (Wildman–Crippen MR) is 142 cm³/mol. The van der Waals surface area contributed by atoms with Crippen molar-refractivity contribution in [2.24, 2.45) is 5.92 Å². The van der Waals surface area contributed by atoms with Crippen LogP contribution in [-0.4, -0.2) is 36.3 Å². The number of halogens is 1. The first-order valence-electron chi connectivity index (χ1n) is 13.0. The number of piperidine rings is 1. The summed E-state index contributed by atoms with van der Waals surface area (Å²) in [6.07, 6.45) is 7.32. The molecule has 38 heavy (non-hydrogen) atoms. The average molecular weight is 540 g/mol. The van der Waals surface area contributed by atoms with Gasteiger partial charge in [-0.1, -0.05) is 12.8 Å². The minimum atomic E-state index is -3.74. The van der Waals surface area contributed by atoms with Crippen molar-refractivity contribution in [1.82, 2.24) is 14.9 Å². The lowest BCUT2D eigenvalue weighted by atomic mass is 9.95. The van der Waals surface area contributed by atoms with Crippen LogP contribution in [0.4, 0.5) is 10.1 Å². The molecule has 0 spiro atoms. The summed E-state index contributed by atoms with van der Waals surface area (Å²) in [6.45, 7) is 2.52. The standard InChI is InChI=1S/C27H30FN5O4S/c28-23-6-8-25(32-38(35,36)20-3-1-2-4-20)22(16-29)26(23)37-19-5-7-24-21(15-19)27(34)33(17-31-24)14-11-18-9-12-30-13-10-18/h5-8,15,17-18,20,30,32H,1-4,9-14H2. The van der Waals surface area contributed by atoms with Crippen LogP contribution < -0.4 is 20.3 Å². The van der Waals surface area contributed by atoms with Crippen molar-refractivity contribution in [3.05, 3.63) is 58.4 Å². The number of benzene rings is 2. The fraction of sp³-hybridized carbons (Fsp3) is 0.444. The van der Waals surface area contributed by atoms with Crippen molar-refractivity contribution >= 4 is 26.6 Å². The molecule has 1 saturated heterocycles. The molecule has 0 radical (unpaired) electrons. The number of nitrogens with zero attached hydrogens (tertiary/aromatic N) is 3. The number of fused-ring (bicyclic) bond motifs is 1. The van der Waals surface area contributed by atoms with Crippen LogP contribution >= 0.6 is 0 Å². The van der Waals surface area contributed by atoms with E-state index in [0.29, 0.717) is 36.2 Å². The number of aryl methyl sites for hydroxylation is 1. The van der Waals surface area contributed by atoms with Crippen LogP contribution in [0.3, 0.4) is 0 Å². The van der Waals surface area contributed by atoms with Gasteiger partial charge in [0.25, 0.3) is 5.56 Å². The Kier molecular flexibility index (Phi) is 7.63. The predicted octanol–water partition coefficient (Wildman–Crippen LogP) is 4.27. The number of nitriles is 1. The van der Waals surface area contributed by atoms with E-state index in [4.69, 9.17) is 4.74 Å². The van der Waals surface area contributed by atoms with Crippen LogP contribution in [0.15, 0.2) is 41.5 Å². The topological polar surface area (TPSA) is 126 Å². The van der Waals surface area contributed by atoms with Gasteiger partial charge in [0, 0.05) is 6.54 Å². The molecule has 1 aromatic heterocycles. The third-order valence-corrected chi connectivity index (χ3v) is 9.32. The molecule has 5 rings (SSSR count). The maximum absolute atomic E-state index is 14.8. The van der Waals surface area contributed by atoms with E-state index in [1.807, 2.05) is 6.07 Å². The fourth-order valence-corrected chi connectivity index (χ4v) is 6.86. The number of hydrogen-bond donors (Lipinski definition) is 2. The SMILES string of the molecule is N#Cc1c(NS(=O)(=O)C2CCCC2)ccc(F)c1Oc1ccc2ncn(CCC3CCNCC3)c(=O)c2c1. The van der Waals surface area contributed by atoms with E-state index in [-0.39, 0.29) is 22.6 Å². The summed E-state index contributed by atoms with van der Waals surface area (Å²) in [5.41, 5.74) is -0.0660. The minimum absolute atomic E-state index is 0.0430. The Labute approximate surface area is 220 Å². The lowest BCUT2D eigenvalue weighted by molar-refractivity contribution is 0.336. The molecule has 11 heteroatoms. The van der Waals surface area contributed by atoms with Crippen molar-refractivity contribution in [2.75, 3.05) is 17.8 Å². The van der Waals surface area contributed by atoms with Crippen LogP contribution in [0.5, 0.6) is 11.5 Å². The Balaban J connectivity index is 1.41. The molecular weight excluding hydrogens is 509 g/mol. The van der Waals surface area contributed by atoms with Crippen LogP contribution in [0, 0.1) is 23.1 Å². The van der Waals surface area contributed by atoms with Gasteiger partial charge in [-0.25, -0.2) is 17.8 Å². The highest BCUT2D eigenvalue weighted by atomic mass is 32.2. The lowest BCUT2D eigenvalue weighted by Gasteiger charge is -2.22. The molecule has 0 unspecified atom stereocenters. The normalized spacial score (nSPS) is 16.9. The molecule has 3 aromatic rings. The number of anilines is 1. The highest BCUT2D eigenvalue weighted by Crippen LogP contribution is 2.35. The molecule has 1 aliphatic heterocycles. The van der Waals surface area contributed by atoms with E-state index in [0.717, 1.165) is 51.3 Å². The van der Waals surface area contributed by atoms with Gasteiger partial charge in [0.1, 0.15) is 17.4 Å². The van der Waals surface area contributed by atoms with Gasteiger partial charge in [-0.3, -0.25) is 14.1 Å². The summed E-state index contributed by atoms with van der Waals surface area (Å²) in [5, 5.41) is 12.9. The first-order chi connectivity index (χ1) is 18.4. The first kappa shape index (κ1) is 26.1. The van der Waals surface area contributed by atoms with Crippen LogP contribution in [0.1, 0.15) is 50.5 Å². The smallest absolute Gasteiger partial charge is 0.261 e. The average Bonchev–Trinajstić information content (AvgIpc) is 3.48. The Morgan fingerprint density at radius 1 is 1.16 bits per heavy atom. The Hall–Kier alpha value is -3.49. The van der Waals surface area contributed by atoms with E-state index in [9.17, 15) is 22.9 Å². The maximum Gasteiger partial charge on any atom is 0.261 e. The third kappa shape index (κ3) is 5.51. The lowest BCUT2D eigenvalue weighted by Crippen LogP contribution is -2.29. The van der Waals surface area contributed by atoms with Crippen LogP contribution in [0.2, 0.25) is 0 Å². The summed E-state index contributed by atoms with van der Waals surface area (Å²) in [4.78, 5) is 17.6. The van der Waals surface area contributed by atoms with Gasteiger partial charge in [-0.05, 0) is 81.4 Å². The molecule has 200 valence electrons. The Morgan fingerprint density at radius 3 is 2.66 bits per heavy atom. The quantitative estimate of drug-likeness (QED) is 0.438. The molecular formula is C27H30FN5O4S. The monoisotopic (exact) mass is 539 g/mol. The fourth-order valence-electron chi connectivity index (χ4n) is 5.26. The van der Waals surface area contributed by atoms with E-state index in [2.05, 4.69) is 15.0 Å². The van der Waals surface area contributed by atoms with Gasteiger partial charge in [-0.15, -0.1) is 0 Å². The summed E-state index contributed by atoms with van der Waals surface area (Å²) in [6, 6.07) is 8.75. The molecule has 2 N–H and O–H groups in total. The maximum atomic E-state index is 14.8. The second-order valence-corrected chi connectivity index (χ2v) is 11.9. The molecule has 2 aliphatic rings. The second-order valence-electron chi connectivity index (χ2n) is 9.97. The molecule has 2 aromatic carbocycles. The van der Waals surface area contributed by atoms with Crippen molar-refractivity contribution in [1.29, 1.82) is 5.26 Å². The molecule has 0 amide bonds. The zero-order chi connectivity index (χ0) is 26.7. The highest BCUT2D eigenvalue weighted by Gasteiger charge is 2.30. The number of rotatable bonds is 8. The van der Waals surface area contributed by atoms with Crippen molar-refractivity contribution in [2.45, 2.75) is 56.7 Å². The van der Waals surface area contributed by atoms with Gasteiger partial charge in [0.05, 0.1) is 28.2 Å². The molecule has 9 nitrogen and oxygen atoms in total. The Bertz CT molecular complexity index is 1540. The summed E-state index contributed by atoms with van der Waals surface area (Å²) in [5.74, 6) is -0.539. The molecule has 2 fully saturated rings. The van der Waals surface area contributed by atoms with Gasteiger partial charge in [0.2, 0.25) is 10.0 Å². The number of nitrogens with one attached hydrogen (secondary N) is 2. The van der Waals surface area contributed by atoms with Gasteiger partial charge < -0.3 is 10.1 Å². The van der Waals surface area contributed by atoms with E-state index >= 15 is 0 Å². The second kappa shape index (κ2) is 11.1. The Morgan fingerprint density at radius 2 is 1.92 bits per heavy atom. The van der Waals surface area contributed by atoms with Crippen LogP contribution in [-0.2, 0) is 16.6 Å². The van der Waals surface area contributed by atoms with E-state index < -0.39 is 26.8 Å². The number of ether oxygens (including phenoxy) is 1. The van der Waals surface area contributed by atoms with Crippen molar-refractivity contribution in [3.63, 3.8) is 0 Å². The van der Waals surface area contributed by atoms with Gasteiger partial charge >= 0.3 is 0 Å². The highest BCUT2D eigenvalue weighted by molar-refractivity contribution is 7.93. The number of aromatic nitrogens is 2. The number of sulfonamides is 1. The van der Waals surface area contributed by atoms with E-state index in [1.54, 1.807) is 17.0 Å². The summed E-state index contributed by atoms with van der Waals surface area (Å²) < 4.78 is 50.2. The molecule has 1 saturated carbocycles. The summed E-state index contributed by atoms with van der Waals surface area (Å²) >= 11 is 0. The van der Waals surface area contributed by atoms with Gasteiger partial charge in [-0.2, -0.15) is 5.26 Å². The first-order valence-corrected chi connectivity index (χ1v) is 14.5. The van der Waals surface area contributed by atoms with Crippen molar-refractivity contribution in [3.8, 4) is 17.6 Å². The van der Waals surface area contributed by atoms with Crippen LogP contribution in [0.25, 0.3) is 10.9 Å². The zero-order valence-corrected chi connectivity index (χ0v) is 21.8. The zero-order valence-electron chi connectivity index (χ0n) is 21.0. The molecule has 1 aliphatic carbocycles. The minimum Gasteiger partial charge on any atom is -0.453 e. The summed E-state index contributed by atoms with van der Waals surface area (Å²) in [7, 11) is -3.74. The molecule has 2 heterocycles. The van der Waals surface area contributed by atoms with E-state index in [1.165, 1.54) is 18.2 Å². The molecule has 0 atom stereocenters. The molecule has 0 bridgehead atoms. The van der Waals surface area contributed by atoms with Gasteiger partial charge in [0.15, 0.2) is 11.6 Å². The number of hydrogen-bond acceptors (Lipinski definition) is 7. The third-order valence-electron chi connectivity index (χ3n) is 7.47. The van der Waals surface area contributed by atoms with Crippen molar-refractivity contribution < 1.29 is 17.5 Å².